The van der Waals surface area contributed by atoms with E-state index < -0.39 is 12.1 Å². The SMILES string of the molecule is CCCCC/C=C\C/C=C/C=C/[C@@H](O)C/C=C\CCCC(=O)O. The molecule has 0 spiro atoms. The average molecular weight is 320 g/mol. The van der Waals surface area contributed by atoms with Crippen molar-refractivity contribution in [2.45, 2.75) is 70.8 Å². The zero-order valence-electron chi connectivity index (χ0n) is 14.4. The minimum Gasteiger partial charge on any atom is -0.481 e. The van der Waals surface area contributed by atoms with E-state index in [1.807, 2.05) is 24.3 Å². The molecule has 3 nitrogen and oxygen atoms in total. The second-order valence-electron chi connectivity index (χ2n) is 5.58. The Morgan fingerprint density at radius 2 is 1.70 bits per heavy atom. The summed E-state index contributed by atoms with van der Waals surface area (Å²) in [6.45, 7) is 2.21. The van der Waals surface area contributed by atoms with Crippen molar-refractivity contribution in [2.75, 3.05) is 0 Å². The molecule has 0 aliphatic carbocycles. The standard InChI is InChI=1S/C20H32O3/c1-2-3-4-5-6-7-8-9-10-13-16-19(21)17-14-11-12-15-18-20(22)23/h6-7,9-11,13-14,16,19,21H,2-5,8,12,15,17-18H2,1H3,(H,22,23)/b7-6-,10-9+,14-11-,16-13+/t19-/m1/s1. The quantitative estimate of drug-likeness (QED) is 0.263. The lowest BCUT2D eigenvalue weighted by molar-refractivity contribution is -0.137. The number of allylic oxidation sites excluding steroid dienone is 6. The maximum Gasteiger partial charge on any atom is 0.303 e. The van der Waals surface area contributed by atoms with Gasteiger partial charge in [0, 0.05) is 6.42 Å². The summed E-state index contributed by atoms with van der Waals surface area (Å²) < 4.78 is 0. The van der Waals surface area contributed by atoms with E-state index in [1.54, 1.807) is 6.08 Å². The second kappa shape index (κ2) is 16.8. The minimum atomic E-state index is -0.760. The van der Waals surface area contributed by atoms with Crippen LogP contribution in [0.3, 0.4) is 0 Å². The molecule has 0 aromatic heterocycles. The Kier molecular flexibility index (Phi) is 15.6. The second-order valence-corrected chi connectivity index (χ2v) is 5.58. The van der Waals surface area contributed by atoms with Gasteiger partial charge >= 0.3 is 5.97 Å². The molecular formula is C20H32O3. The van der Waals surface area contributed by atoms with E-state index in [0.717, 1.165) is 19.3 Å². The topological polar surface area (TPSA) is 57.5 Å². The Hall–Kier alpha value is -1.61. The van der Waals surface area contributed by atoms with Crippen LogP contribution in [0.25, 0.3) is 0 Å². The van der Waals surface area contributed by atoms with Crippen LogP contribution >= 0.6 is 0 Å². The molecule has 0 amide bonds. The fourth-order valence-corrected chi connectivity index (χ4v) is 1.96. The molecular weight excluding hydrogens is 288 g/mol. The molecule has 0 saturated heterocycles. The summed E-state index contributed by atoms with van der Waals surface area (Å²) in [4.78, 5) is 10.3. The molecule has 0 aliphatic heterocycles. The lowest BCUT2D eigenvalue weighted by atomic mass is 10.2. The number of hydrogen-bond donors (Lipinski definition) is 2. The van der Waals surface area contributed by atoms with Gasteiger partial charge in [0.2, 0.25) is 0 Å². The smallest absolute Gasteiger partial charge is 0.303 e. The van der Waals surface area contributed by atoms with E-state index in [-0.39, 0.29) is 6.42 Å². The predicted octanol–water partition coefficient (Wildman–Crippen LogP) is 5.19. The summed E-state index contributed by atoms with van der Waals surface area (Å²) >= 11 is 0. The van der Waals surface area contributed by atoms with Crippen LogP contribution in [0.1, 0.15) is 64.7 Å². The Balaban J connectivity index is 3.63. The fourth-order valence-electron chi connectivity index (χ4n) is 1.96. The van der Waals surface area contributed by atoms with Crippen molar-refractivity contribution in [1.82, 2.24) is 0 Å². The zero-order valence-corrected chi connectivity index (χ0v) is 14.4. The van der Waals surface area contributed by atoms with E-state index in [9.17, 15) is 9.90 Å². The maximum absolute atomic E-state index is 10.3. The molecule has 0 rings (SSSR count). The number of carbonyl (C=O) groups is 1. The Morgan fingerprint density at radius 3 is 2.43 bits per heavy atom. The molecule has 0 unspecified atom stereocenters. The highest BCUT2D eigenvalue weighted by Crippen LogP contribution is 2.02. The van der Waals surface area contributed by atoms with Gasteiger partial charge in [0.25, 0.3) is 0 Å². The first-order valence-corrected chi connectivity index (χ1v) is 8.70. The molecule has 1 atom stereocenters. The normalized spacial score (nSPS) is 13.8. The molecule has 3 heteroatoms. The molecule has 2 N–H and O–H groups in total. The molecule has 130 valence electrons. The van der Waals surface area contributed by atoms with Gasteiger partial charge in [-0.25, -0.2) is 0 Å². The summed E-state index contributed by atoms with van der Waals surface area (Å²) in [7, 11) is 0. The summed E-state index contributed by atoms with van der Waals surface area (Å²) in [6, 6.07) is 0. The molecule has 0 bridgehead atoms. The molecule has 0 aromatic carbocycles. The lowest BCUT2D eigenvalue weighted by Crippen LogP contribution is -1.98. The first kappa shape index (κ1) is 21.4. The molecule has 0 radical (unpaired) electrons. The average Bonchev–Trinajstić information content (AvgIpc) is 2.52. The Labute approximate surface area is 141 Å². The Bertz CT molecular complexity index is 392. The summed E-state index contributed by atoms with van der Waals surface area (Å²) in [5.41, 5.74) is 0. The molecule has 23 heavy (non-hydrogen) atoms. The highest BCUT2D eigenvalue weighted by molar-refractivity contribution is 5.66. The molecule has 0 fully saturated rings. The molecule has 0 saturated carbocycles. The molecule has 0 aromatic rings. The highest BCUT2D eigenvalue weighted by Gasteiger charge is 1.95. The largest absolute Gasteiger partial charge is 0.481 e. The fraction of sp³-hybridized carbons (Fsp3) is 0.550. The molecule has 0 heterocycles. The summed E-state index contributed by atoms with van der Waals surface area (Å²) in [5.74, 6) is -0.760. The predicted molar refractivity (Wildman–Crippen MR) is 97.4 cm³/mol. The first-order valence-electron chi connectivity index (χ1n) is 8.70. The number of aliphatic hydroxyl groups is 1. The maximum atomic E-state index is 10.3. The summed E-state index contributed by atoms with van der Waals surface area (Å²) in [6.07, 6.45) is 23.5. The van der Waals surface area contributed by atoms with Crippen molar-refractivity contribution in [2.24, 2.45) is 0 Å². The third kappa shape index (κ3) is 18.3. The van der Waals surface area contributed by atoms with Crippen molar-refractivity contribution in [1.29, 1.82) is 0 Å². The van der Waals surface area contributed by atoms with Gasteiger partial charge in [0.1, 0.15) is 0 Å². The van der Waals surface area contributed by atoms with Crippen LogP contribution in [-0.2, 0) is 4.79 Å². The number of carboxylic acids is 1. The number of rotatable bonds is 14. The number of hydrogen-bond acceptors (Lipinski definition) is 2. The van der Waals surface area contributed by atoms with Crippen LogP contribution in [-0.4, -0.2) is 22.3 Å². The van der Waals surface area contributed by atoms with Crippen molar-refractivity contribution in [3.63, 3.8) is 0 Å². The van der Waals surface area contributed by atoms with Crippen LogP contribution in [0.15, 0.2) is 48.6 Å². The van der Waals surface area contributed by atoms with Gasteiger partial charge in [-0.05, 0) is 38.5 Å². The van der Waals surface area contributed by atoms with E-state index >= 15 is 0 Å². The molecule has 0 aliphatic rings. The van der Waals surface area contributed by atoms with Gasteiger partial charge in [-0.2, -0.15) is 0 Å². The van der Waals surface area contributed by atoms with E-state index in [2.05, 4.69) is 25.2 Å². The highest BCUT2D eigenvalue weighted by atomic mass is 16.4. The van der Waals surface area contributed by atoms with Crippen molar-refractivity contribution in [3.8, 4) is 0 Å². The van der Waals surface area contributed by atoms with Gasteiger partial charge in [0.15, 0.2) is 0 Å². The zero-order chi connectivity index (χ0) is 17.2. The first-order chi connectivity index (χ1) is 11.2. The Morgan fingerprint density at radius 1 is 0.957 bits per heavy atom. The number of aliphatic hydroxyl groups excluding tert-OH is 1. The van der Waals surface area contributed by atoms with E-state index in [1.165, 1.54) is 19.3 Å². The van der Waals surface area contributed by atoms with Crippen molar-refractivity contribution < 1.29 is 15.0 Å². The van der Waals surface area contributed by atoms with Crippen LogP contribution in [0.2, 0.25) is 0 Å². The van der Waals surface area contributed by atoms with Crippen LogP contribution in [0.4, 0.5) is 0 Å². The van der Waals surface area contributed by atoms with Gasteiger partial charge in [-0.3, -0.25) is 4.79 Å². The number of aliphatic carboxylic acids is 1. The van der Waals surface area contributed by atoms with Gasteiger partial charge < -0.3 is 10.2 Å². The third-order valence-corrected chi connectivity index (χ3v) is 3.30. The number of carboxylic acid groups (broad SMARTS) is 1. The van der Waals surface area contributed by atoms with Crippen molar-refractivity contribution >= 4 is 5.97 Å². The minimum absolute atomic E-state index is 0.199. The number of unbranched alkanes of at least 4 members (excludes halogenated alkanes) is 4. The van der Waals surface area contributed by atoms with Gasteiger partial charge in [-0.15, -0.1) is 0 Å². The van der Waals surface area contributed by atoms with Gasteiger partial charge in [0.05, 0.1) is 6.10 Å². The summed E-state index contributed by atoms with van der Waals surface area (Å²) in [5, 5.41) is 18.2. The van der Waals surface area contributed by atoms with Crippen LogP contribution in [0, 0.1) is 0 Å². The van der Waals surface area contributed by atoms with Crippen LogP contribution < -0.4 is 0 Å². The van der Waals surface area contributed by atoms with Crippen LogP contribution in [0.5, 0.6) is 0 Å². The lowest BCUT2D eigenvalue weighted by Gasteiger charge is -1.99. The van der Waals surface area contributed by atoms with Gasteiger partial charge in [-0.1, -0.05) is 68.4 Å². The monoisotopic (exact) mass is 320 g/mol. The van der Waals surface area contributed by atoms with Crippen molar-refractivity contribution in [3.05, 3.63) is 48.6 Å². The third-order valence-electron chi connectivity index (χ3n) is 3.30. The van der Waals surface area contributed by atoms with E-state index in [4.69, 9.17) is 5.11 Å². The van der Waals surface area contributed by atoms with E-state index in [0.29, 0.717) is 12.8 Å².